The minimum absolute atomic E-state index is 0.00477. The lowest BCUT2D eigenvalue weighted by Gasteiger charge is -2.30. The molecule has 5 N–H and O–H groups in total. The predicted octanol–water partition coefficient (Wildman–Crippen LogP) is 2.91. The van der Waals surface area contributed by atoms with Gasteiger partial charge in [0.1, 0.15) is 11.6 Å². The Hall–Kier alpha value is -4.01. The third-order valence-electron chi connectivity index (χ3n) is 6.49. The Balaban J connectivity index is 1.38. The summed E-state index contributed by atoms with van der Waals surface area (Å²) in [5, 5.41) is 32.9. The fourth-order valence-electron chi connectivity index (χ4n) is 4.46. The summed E-state index contributed by atoms with van der Waals surface area (Å²) in [5.41, 5.74) is 0.745. The van der Waals surface area contributed by atoms with E-state index in [0.29, 0.717) is 30.4 Å². The number of sulfonamides is 1. The number of H-pyrrole nitrogens is 1. The van der Waals surface area contributed by atoms with Crippen molar-refractivity contribution < 1.29 is 37.6 Å². The zero-order chi connectivity index (χ0) is 30.1. The molecule has 228 valence electrons. The summed E-state index contributed by atoms with van der Waals surface area (Å²) in [4.78, 5) is 11.6. The molecule has 14 heteroatoms. The summed E-state index contributed by atoms with van der Waals surface area (Å²) in [7, 11) is -4.04. The monoisotopic (exact) mass is 603 g/mol. The quantitative estimate of drug-likeness (QED) is 0.153. The van der Waals surface area contributed by atoms with Crippen LogP contribution in [-0.2, 0) is 16.4 Å². The van der Waals surface area contributed by atoms with Crippen molar-refractivity contribution in [3.8, 4) is 17.2 Å². The van der Waals surface area contributed by atoms with Crippen LogP contribution in [0, 0.1) is 5.92 Å². The zero-order valence-corrected chi connectivity index (χ0v) is 24.3. The third kappa shape index (κ3) is 8.50. The molecule has 0 saturated heterocycles. The summed E-state index contributed by atoms with van der Waals surface area (Å²) in [6.07, 6.45) is -0.0206. The first-order valence-electron chi connectivity index (χ1n) is 13.6. The number of amides is 1. The predicted molar refractivity (Wildman–Crippen MR) is 154 cm³/mol. The van der Waals surface area contributed by atoms with E-state index in [4.69, 9.17) is 14.2 Å². The largest absolute Gasteiger partial charge is 0.494 e. The van der Waals surface area contributed by atoms with Crippen molar-refractivity contribution in [3.63, 3.8) is 0 Å². The van der Waals surface area contributed by atoms with Gasteiger partial charge in [-0.05, 0) is 54.7 Å². The average Bonchev–Trinajstić information content (AvgIpc) is 3.64. The van der Waals surface area contributed by atoms with E-state index in [0.717, 1.165) is 17.8 Å². The van der Waals surface area contributed by atoms with Crippen LogP contribution in [0.2, 0.25) is 0 Å². The van der Waals surface area contributed by atoms with Gasteiger partial charge in [-0.3, -0.25) is 5.10 Å². The molecule has 0 radical (unpaired) electrons. The Morgan fingerprint density at radius 1 is 1.12 bits per heavy atom. The van der Waals surface area contributed by atoms with Crippen LogP contribution in [0.5, 0.6) is 17.2 Å². The van der Waals surface area contributed by atoms with Gasteiger partial charge in [-0.25, -0.2) is 13.2 Å². The average molecular weight is 604 g/mol. The topological polar surface area (TPSA) is 175 Å². The van der Waals surface area contributed by atoms with Gasteiger partial charge in [-0.1, -0.05) is 26.0 Å². The van der Waals surface area contributed by atoms with Crippen LogP contribution in [-0.4, -0.2) is 84.4 Å². The number of hydrogen-bond acceptors (Lipinski definition) is 9. The molecule has 0 aliphatic carbocycles. The van der Waals surface area contributed by atoms with E-state index in [1.54, 1.807) is 30.5 Å². The van der Waals surface area contributed by atoms with Crippen molar-refractivity contribution in [2.24, 2.45) is 5.92 Å². The van der Waals surface area contributed by atoms with Gasteiger partial charge in [-0.15, -0.1) is 0 Å². The van der Waals surface area contributed by atoms with Gasteiger partial charge in [0, 0.05) is 31.9 Å². The first-order valence-corrected chi connectivity index (χ1v) is 15.1. The van der Waals surface area contributed by atoms with E-state index in [-0.39, 0.29) is 37.1 Å². The molecule has 42 heavy (non-hydrogen) atoms. The molecule has 13 nitrogen and oxygen atoms in total. The number of benzene rings is 2. The first kappa shape index (κ1) is 30.9. The molecule has 0 saturated carbocycles. The molecule has 1 aliphatic heterocycles. The number of aliphatic hydroxyl groups excluding tert-OH is 1. The smallest absolute Gasteiger partial charge is 0.404 e. The molecule has 0 bridgehead atoms. The van der Waals surface area contributed by atoms with Gasteiger partial charge < -0.3 is 35.1 Å². The molecular formula is C28H37N5O8S. The van der Waals surface area contributed by atoms with E-state index in [1.807, 2.05) is 19.9 Å². The Bertz CT molecular complexity index is 1400. The molecule has 4 rings (SSSR count). The molecule has 2 heterocycles. The molecular weight excluding hydrogens is 566 g/mol. The first-order chi connectivity index (χ1) is 20.1. The van der Waals surface area contributed by atoms with Crippen LogP contribution in [0.25, 0.3) is 0 Å². The number of aliphatic hydroxyl groups is 1. The highest BCUT2D eigenvalue weighted by Gasteiger charge is 2.32. The maximum absolute atomic E-state index is 13.6. The SMILES string of the molecule is CC(C)CN(C[C@@H](O)[C@H](Cc1ccc(OCCCNc2cc[nH]n2)cc1)NC(=O)O)S(=O)(=O)c1ccc2c(c1)OCO2. The lowest BCUT2D eigenvalue weighted by molar-refractivity contribution is 0.0980. The molecule has 3 aromatic rings. The molecule has 2 aromatic carbocycles. The molecule has 1 aromatic heterocycles. The highest BCUT2D eigenvalue weighted by molar-refractivity contribution is 7.89. The summed E-state index contributed by atoms with van der Waals surface area (Å²) >= 11 is 0. The molecule has 0 unspecified atom stereocenters. The zero-order valence-electron chi connectivity index (χ0n) is 23.5. The highest BCUT2D eigenvalue weighted by Crippen LogP contribution is 2.35. The van der Waals surface area contributed by atoms with Crippen LogP contribution in [0.4, 0.5) is 10.6 Å². The lowest BCUT2D eigenvalue weighted by Crippen LogP contribution is -2.50. The maximum atomic E-state index is 13.6. The number of fused-ring (bicyclic) bond motifs is 1. The van der Waals surface area contributed by atoms with Crippen molar-refractivity contribution in [1.29, 1.82) is 0 Å². The fourth-order valence-corrected chi connectivity index (χ4v) is 6.09. The van der Waals surface area contributed by atoms with Crippen molar-refractivity contribution >= 4 is 21.9 Å². The number of rotatable bonds is 16. The second kappa shape index (κ2) is 14.2. The summed E-state index contributed by atoms with van der Waals surface area (Å²) in [6.45, 7) is 4.73. The van der Waals surface area contributed by atoms with Gasteiger partial charge in [0.2, 0.25) is 16.8 Å². The summed E-state index contributed by atoms with van der Waals surface area (Å²) < 4.78 is 44.7. The van der Waals surface area contributed by atoms with Crippen LogP contribution in [0.3, 0.4) is 0 Å². The normalized spacial score (nSPS) is 14.1. The van der Waals surface area contributed by atoms with Crippen LogP contribution in [0.15, 0.2) is 59.6 Å². The number of carbonyl (C=O) groups is 1. The van der Waals surface area contributed by atoms with Gasteiger partial charge in [-0.2, -0.15) is 9.40 Å². The standard InChI is InChI=1S/C28H37N5O8S/c1-19(2)16-33(42(37,38)22-8-9-25-26(15-22)41-18-40-25)17-24(34)23(31-28(35)36)14-20-4-6-21(7-5-20)39-13-3-11-29-27-10-12-30-32-27/h4-10,12,15,19,23-24,31,34H,3,11,13-14,16-18H2,1-2H3,(H,35,36)(H2,29,30,32)/t23-,24+/m0/s1. The van der Waals surface area contributed by atoms with E-state index in [1.165, 1.54) is 22.5 Å². The summed E-state index contributed by atoms with van der Waals surface area (Å²) in [5.74, 6) is 2.14. The fraction of sp³-hybridized carbons (Fsp3) is 0.429. The molecule has 1 aliphatic rings. The maximum Gasteiger partial charge on any atom is 0.404 e. The van der Waals surface area contributed by atoms with Crippen molar-refractivity contribution in [1.82, 2.24) is 19.8 Å². The Morgan fingerprint density at radius 2 is 1.88 bits per heavy atom. The van der Waals surface area contributed by atoms with Crippen molar-refractivity contribution in [3.05, 3.63) is 60.3 Å². The Labute approximate surface area is 244 Å². The number of nitrogens with zero attached hydrogens (tertiary/aromatic N) is 2. The number of aromatic amines is 1. The van der Waals surface area contributed by atoms with Crippen LogP contribution >= 0.6 is 0 Å². The highest BCUT2D eigenvalue weighted by atomic mass is 32.2. The number of nitrogens with one attached hydrogen (secondary N) is 3. The second-order valence-electron chi connectivity index (χ2n) is 10.3. The lowest BCUT2D eigenvalue weighted by atomic mass is 10.0. The number of hydrogen-bond donors (Lipinski definition) is 5. The number of carboxylic acid groups (broad SMARTS) is 1. The van der Waals surface area contributed by atoms with Gasteiger partial charge in [0.25, 0.3) is 0 Å². The third-order valence-corrected chi connectivity index (χ3v) is 8.32. The van der Waals surface area contributed by atoms with E-state index in [9.17, 15) is 23.4 Å². The minimum atomic E-state index is -4.04. The van der Waals surface area contributed by atoms with Crippen molar-refractivity contribution in [2.75, 3.05) is 38.4 Å². The molecule has 0 fully saturated rings. The van der Waals surface area contributed by atoms with E-state index in [2.05, 4.69) is 20.8 Å². The molecule has 1 amide bonds. The van der Waals surface area contributed by atoms with Crippen LogP contribution in [0.1, 0.15) is 25.8 Å². The second-order valence-corrected chi connectivity index (χ2v) is 12.2. The van der Waals surface area contributed by atoms with Crippen molar-refractivity contribution in [2.45, 2.75) is 43.7 Å². The van der Waals surface area contributed by atoms with Crippen LogP contribution < -0.4 is 24.8 Å². The number of anilines is 1. The Morgan fingerprint density at radius 3 is 2.57 bits per heavy atom. The Kier molecular flexibility index (Phi) is 10.5. The minimum Gasteiger partial charge on any atom is -0.494 e. The van der Waals surface area contributed by atoms with E-state index >= 15 is 0 Å². The molecule has 0 spiro atoms. The van der Waals surface area contributed by atoms with Gasteiger partial charge >= 0.3 is 6.09 Å². The van der Waals surface area contributed by atoms with Gasteiger partial charge in [0.15, 0.2) is 11.5 Å². The number of ether oxygens (including phenoxy) is 3. The molecule has 2 atom stereocenters. The number of aromatic nitrogens is 2. The van der Waals surface area contributed by atoms with E-state index < -0.39 is 28.3 Å². The summed E-state index contributed by atoms with van der Waals surface area (Å²) in [6, 6.07) is 12.3. The van der Waals surface area contributed by atoms with Gasteiger partial charge in [0.05, 0.1) is 23.6 Å².